The maximum Gasteiger partial charge on any atom is 0.227 e. The van der Waals surface area contributed by atoms with Gasteiger partial charge < -0.3 is 28.0 Å². The van der Waals surface area contributed by atoms with E-state index >= 15 is 0 Å². The first kappa shape index (κ1) is 26.4. The zero-order valence-corrected chi connectivity index (χ0v) is 17.7. The molecule has 0 aliphatic heterocycles. The fourth-order valence-corrected chi connectivity index (χ4v) is 1.43. The third kappa shape index (κ3) is 8.86. The minimum Gasteiger partial charge on any atom is -0.413 e. The van der Waals surface area contributed by atoms with Gasteiger partial charge in [0.2, 0.25) is 11.8 Å². The van der Waals surface area contributed by atoms with E-state index in [-0.39, 0.29) is 45.8 Å². The van der Waals surface area contributed by atoms with E-state index in [1.807, 2.05) is 13.8 Å². The predicted octanol–water partition coefficient (Wildman–Crippen LogP) is 0.857. The van der Waals surface area contributed by atoms with Crippen LogP contribution in [-0.2, 0) is 35.4 Å². The molecule has 22 heavy (non-hydrogen) atoms. The number of hydrogen-bond donors (Lipinski definition) is 3. The third-order valence-corrected chi connectivity index (χ3v) is 3.49. The Hall–Kier alpha value is -0.452. The van der Waals surface area contributed by atoms with Crippen molar-refractivity contribution in [2.24, 2.45) is 11.1 Å². The summed E-state index contributed by atoms with van der Waals surface area (Å²) in [4.78, 5) is 23.4. The maximum atomic E-state index is 11.8. The molecule has 0 aromatic carbocycles. The van der Waals surface area contributed by atoms with Gasteiger partial charge in [0.15, 0.2) is 0 Å². The molecule has 0 heterocycles. The molecule has 0 saturated heterocycles. The van der Waals surface area contributed by atoms with Gasteiger partial charge in [-0.1, -0.05) is 20.5 Å². The van der Waals surface area contributed by atoms with Crippen molar-refractivity contribution in [3.8, 4) is 0 Å². The van der Waals surface area contributed by atoms with Crippen molar-refractivity contribution >= 4 is 11.8 Å². The second kappa shape index (κ2) is 13.0. The van der Waals surface area contributed by atoms with Crippen LogP contribution in [0.25, 0.3) is 0 Å². The molecule has 1 unspecified atom stereocenters. The molecule has 0 saturated carbocycles. The fourth-order valence-electron chi connectivity index (χ4n) is 1.43. The summed E-state index contributed by atoms with van der Waals surface area (Å²) in [5, 5.41) is 5.30. The summed E-state index contributed by atoms with van der Waals surface area (Å²) in [5.74, 6) is -0.315. The van der Waals surface area contributed by atoms with Gasteiger partial charge >= 0.3 is 0 Å². The SMILES string of the molecule is CC.[CH2-]COCCC(=O)NCC(C)(N)C(C)(C)C(=O)NC.[W]. The Morgan fingerprint density at radius 3 is 2.14 bits per heavy atom. The van der Waals surface area contributed by atoms with Gasteiger partial charge in [0, 0.05) is 46.6 Å². The molecule has 132 valence electrons. The molecule has 0 radical (unpaired) electrons. The van der Waals surface area contributed by atoms with Gasteiger partial charge in [0.05, 0.1) is 12.0 Å². The first-order valence-corrected chi connectivity index (χ1v) is 7.33. The van der Waals surface area contributed by atoms with E-state index in [0.717, 1.165) is 0 Å². The largest absolute Gasteiger partial charge is 0.413 e. The molecule has 0 bridgehead atoms. The normalized spacial score (nSPS) is 12.9. The molecule has 2 amide bonds. The van der Waals surface area contributed by atoms with Crippen LogP contribution in [0.15, 0.2) is 0 Å². The molecule has 0 rings (SSSR count). The van der Waals surface area contributed by atoms with Crippen molar-refractivity contribution in [1.29, 1.82) is 0 Å². The number of rotatable bonds is 8. The van der Waals surface area contributed by atoms with Crippen LogP contribution in [0.5, 0.6) is 0 Å². The monoisotopic (exact) mass is 486 g/mol. The van der Waals surface area contributed by atoms with Gasteiger partial charge in [-0.15, -0.1) is 0 Å². The second-order valence-electron chi connectivity index (χ2n) is 5.26. The van der Waals surface area contributed by atoms with Gasteiger partial charge in [-0.3, -0.25) is 9.59 Å². The van der Waals surface area contributed by atoms with Gasteiger partial charge in [0.1, 0.15) is 0 Å². The first-order valence-electron chi connectivity index (χ1n) is 7.33. The van der Waals surface area contributed by atoms with E-state index in [1.54, 1.807) is 27.8 Å². The van der Waals surface area contributed by atoms with Crippen molar-refractivity contribution in [3.05, 3.63) is 6.92 Å². The summed E-state index contributed by atoms with van der Waals surface area (Å²) in [6, 6.07) is 0. The quantitative estimate of drug-likeness (QED) is 0.351. The standard InChI is InChI=1S/C13H26N3O3.C2H6.W/c1-6-19-8-7-10(17)16-9-13(4,14)12(2,3)11(18)15-5;1-2;/h1,6-9,14H2,2-5H3,(H,15,18)(H,16,17);1-2H3;/q-1;;. The Morgan fingerprint density at radius 2 is 1.73 bits per heavy atom. The molecule has 0 fully saturated rings. The van der Waals surface area contributed by atoms with Crippen LogP contribution in [0.3, 0.4) is 0 Å². The Balaban J connectivity index is -0.00000115. The number of carbonyl (C=O) groups is 2. The zero-order chi connectivity index (χ0) is 17.1. The summed E-state index contributed by atoms with van der Waals surface area (Å²) >= 11 is 0. The van der Waals surface area contributed by atoms with E-state index in [0.29, 0.717) is 13.2 Å². The van der Waals surface area contributed by atoms with Gasteiger partial charge in [-0.2, -0.15) is 0 Å². The number of amides is 2. The Morgan fingerprint density at radius 1 is 1.23 bits per heavy atom. The number of ether oxygens (including phenoxy) is 1. The molecular formula is C15H32N3O3W-. The summed E-state index contributed by atoms with van der Waals surface area (Å²) in [5.41, 5.74) is 4.51. The Labute approximate surface area is 149 Å². The van der Waals surface area contributed by atoms with Gasteiger partial charge in [-0.05, 0) is 20.8 Å². The minimum atomic E-state index is -0.851. The van der Waals surface area contributed by atoms with E-state index in [4.69, 9.17) is 10.5 Å². The molecule has 7 heteroatoms. The second-order valence-corrected chi connectivity index (χ2v) is 5.26. The van der Waals surface area contributed by atoms with Crippen LogP contribution in [0.1, 0.15) is 41.0 Å². The smallest absolute Gasteiger partial charge is 0.227 e. The van der Waals surface area contributed by atoms with Crippen LogP contribution < -0.4 is 16.4 Å². The molecule has 0 aliphatic carbocycles. The average molecular weight is 486 g/mol. The van der Waals surface area contributed by atoms with Crippen LogP contribution in [0.2, 0.25) is 0 Å². The average Bonchev–Trinajstić information content (AvgIpc) is 2.46. The Kier molecular flexibility index (Phi) is 15.7. The maximum absolute atomic E-state index is 11.8. The summed E-state index contributed by atoms with van der Waals surface area (Å²) in [6.07, 6.45) is 0.256. The van der Waals surface area contributed by atoms with Crippen LogP contribution in [-0.4, -0.2) is 44.2 Å². The number of carbonyl (C=O) groups excluding carboxylic acids is 2. The molecular weight excluding hydrogens is 454 g/mol. The number of nitrogens with one attached hydrogen (secondary N) is 2. The molecule has 4 N–H and O–H groups in total. The van der Waals surface area contributed by atoms with Crippen molar-refractivity contribution in [3.63, 3.8) is 0 Å². The van der Waals surface area contributed by atoms with E-state index in [1.165, 1.54) is 0 Å². The fraction of sp³-hybridized carbons (Fsp3) is 0.800. The Bertz CT molecular complexity index is 321. The van der Waals surface area contributed by atoms with Crippen molar-refractivity contribution in [2.75, 3.05) is 26.8 Å². The van der Waals surface area contributed by atoms with Crippen molar-refractivity contribution < 1.29 is 35.4 Å². The van der Waals surface area contributed by atoms with Gasteiger partial charge in [0.25, 0.3) is 0 Å². The summed E-state index contributed by atoms with van der Waals surface area (Å²) in [7, 11) is 1.56. The molecule has 0 aliphatic rings. The molecule has 0 spiro atoms. The van der Waals surface area contributed by atoms with Crippen LogP contribution >= 0.6 is 0 Å². The first-order chi connectivity index (χ1) is 9.69. The van der Waals surface area contributed by atoms with Crippen molar-refractivity contribution in [1.82, 2.24) is 10.6 Å². The number of nitrogens with two attached hydrogens (primary N) is 1. The molecule has 0 aromatic heterocycles. The summed E-state index contributed by atoms with van der Waals surface area (Å²) in [6.45, 7) is 13.6. The van der Waals surface area contributed by atoms with E-state index in [9.17, 15) is 9.59 Å². The topological polar surface area (TPSA) is 93.4 Å². The zero-order valence-electron chi connectivity index (χ0n) is 14.7. The van der Waals surface area contributed by atoms with Gasteiger partial charge in [-0.25, -0.2) is 0 Å². The molecule has 1 atom stereocenters. The van der Waals surface area contributed by atoms with Crippen LogP contribution in [0.4, 0.5) is 0 Å². The van der Waals surface area contributed by atoms with Crippen LogP contribution in [0, 0.1) is 12.3 Å². The molecule has 6 nitrogen and oxygen atoms in total. The minimum absolute atomic E-state index is 0. The summed E-state index contributed by atoms with van der Waals surface area (Å²) < 4.78 is 4.99. The third-order valence-electron chi connectivity index (χ3n) is 3.49. The van der Waals surface area contributed by atoms with Crippen molar-refractivity contribution in [2.45, 2.75) is 46.6 Å². The number of hydrogen-bond acceptors (Lipinski definition) is 4. The molecule has 0 aromatic rings. The van der Waals surface area contributed by atoms with E-state index in [2.05, 4.69) is 17.6 Å². The van der Waals surface area contributed by atoms with E-state index < -0.39 is 11.0 Å². The predicted molar refractivity (Wildman–Crippen MR) is 85.6 cm³/mol.